The lowest BCUT2D eigenvalue weighted by Crippen LogP contribution is -2.35. The molecule has 0 bridgehead atoms. The van der Waals surface area contributed by atoms with Crippen LogP contribution in [0.1, 0.15) is 38.4 Å². The van der Waals surface area contributed by atoms with E-state index in [0.29, 0.717) is 30.2 Å². The van der Waals surface area contributed by atoms with E-state index >= 15 is 0 Å². The summed E-state index contributed by atoms with van der Waals surface area (Å²) in [4.78, 5) is 27.1. The number of carbonyl (C=O) groups excluding carboxylic acids is 1. The lowest BCUT2D eigenvalue weighted by atomic mass is 10.1. The molecule has 2 aromatic heterocycles. The summed E-state index contributed by atoms with van der Waals surface area (Å²) in [6, 6.07) is 0. The number of aryl methyl sites for hydroxylation is 2. The van der Waals surface area contributed by atoms with E-state index in [0.717, 1.165) is 0 Å². The fraction of sp³-hybridized carbons (Fsp3) is 0.500. The predicted molar refractivity (Wildman–Crippen MR) is 79.8 cm³/mol. The van der Waals surface area contributed by atoms with Gasteiger partial charge in [-0.25, -0.2) is 4.79 Å². The third kappa shape index (κ3) is 4.15. The number of nitrogens with zero attached hydrogens (tertiary/aromatic N) is 4. The van der Waals surface area contributed by atoms with Gasteiger partial charge in [0.25, 0.3) is 0 Å². The minimum absolute atomic E-state index is 0.186. The Kier molecular flexibility index (Phi) is 4.77. The first-order valence-corrected chi connectivity index (χ1v) is 7.16. The Morgan fingerprint density at radius 1 is 1.43 bits per heavy atom. The van der Waals surface area contributed by atoms with Crippen LogP contribution in [-0.2, 0) is 21.5 Å². The first-order valence-electron chi connectivity index (χ1n) is 7.16. The number of anilines is 1. The molecule has 0 saturated carbocycles. The van der Waals surface area contributed by atoms with E-state index in [9.17, 15) is 9.59 Å². The molecular formula is C14H19N5O4. The van der Waals surface area contributed by atoms with Crippen LogP contribution in [0.3, 0.4) is 0 Å². The first kappa shape index (κ1) is 16.7. The van der Waals surface area contributed by atoms with Crippen molar-refractivity contribution >= 4 is 17.6 Å². The van der Waals surface area contributed by atoms with E-state index in [1.165, 1.54) is 30.9 Å². The number of rotatable bonds is 7. The van der Waals surface area contributed by atoms with Gasteiger partial charge in [-0.2, -0.15) is 10.1 Å². The number of hydrogen-bond acceptors (Lipinski definition) is 6. The Balaban J connectivity index is 1.84. The average molecular weight is 321 g/mol. The molecule has 0 spiro atoms. The maximum Gasteiger partial charge on any atom is 0.331 e. The van der Waals surface area contributed by atoms with Crippen LogP contribution in [0.5, 0.6) is 0 Å². The summed E-state index contributed by atoms with van der Waals surface area (Å²) in [5.74, 6) is -0.119. The van der Waals surface area contributed by atoms with Crippen molar-refractivity contribution in [2.24, 2.45) is 0 Å². The second kappa shape index (κ2) is 6.59. The number of amides is 1. The molecule has 0 fully saturated rings. The van der Waals surface area contributed by atoms with Crippen molar-refractivity contribution in [2.75, 3.05) is 5.32 Å². The van der Waals surface area contributed by atoms with E-state index in [1.54, 1.807) is 6.92 Å². The summed E-state index contributed by atoms with van der Waals surface area (Å²) in [5.41, 5.74) is -0.725. The fourth-order valence-corrected chi connectivity index (χ4v) is 1.86. The zero-order chi connectivity index (χ0) is 17.0. The van der Waals surface area contributed by atoms with Crippen molar-refractivity contribution < 1.29 is 19.2 Å². The molecule has 0 unspecified atom stereocenters. The van der Waals surface area contributed by atoms with Crippen LogP contribution in [0.4, 0.5) is 5.69 Å². The first-order chi connectivity index (χ1) is 10.8. The Labute approximate surface area is 132 Å². The van der Waals surface area contributed by atoms with Crippen molar-refractivity contribution in [2.45, 2.75) is 45.6 Å². The number of aliphatic carboxylic acids is 1. The van der Waals surface area contributed by atoms with Crippen LogP contribution in [0.15, 0.2) is 16.9 Å². The van der Waals surface area contributed by atoms with E-state index in [4.69, 9.17) is 9.63 Å². The molecule has 9 nitrogen and oxygen atoms in total. The lowest BCUT2D eigenvalue weighted by Gasteiger charge is -2.19. The Hall–Kier alpha value is -2.71. The molecule has 2 heterocycles. The Bertz CT molecular complexity index is 704. The van der Waals surface area contributed by atoms with Gasteiger partial charge in [0.1, 0.15) is 0 Å². The van der Waals surface area contributed by atoms with Gasteiger partial charge in [0.15, 0.2) is 11.4 Å². The van der Waals surface area contributed by atoms with Gasteiger partial charge in [0, 0.05) is 19.0 Å². The highest BCUT2D eigenvalue weighted by Crippen LogP contribution is 2.17. The SMILES string of the molecule is Cc1noc(CCCC(=O)Nc2cnn(C(C)(C)C(=O)O)c2)n1. The molecule has 2 rings (SSSR count). The van der Waals surface area contributed by atoms with Crippen molar-refractivity contribution in [3.05, 3.63) is 24.1 Å². The molecule has 1 amide bonds. The summed E-state index contributed by atoms with van der Waals surface area (Å²) in [6.07, 6.45) is 4.30. The standard InChI is InChI=1S/C14H19N5O4/c1-9-16-12(23-18-9)6-4-5-11(20)17-10-7-15-19(8-10)14(2,3)13(21)22/h7-8H,4-6H2,1-3H3,(H,17,20)(H,21,22). The van der Waals surface area contributed by atoms with Gasteiger partial charge < -0.3 is 14.9 Å². The second-order valence-corrected chi connectivity index (χ2v) is 5.67. The molecule has 2 N–H and O–H groups in total. The summed E-state index contributed by atoms with van der Waals surface area (Å²) in [6.45, 7) is 4.79. The number of carbonyl (C=O) groups is 2. The maximum absolute atomic E-state index is 11.9. The van der Waals surface area contributed by atoms with Gasteiger partial charge in [-0.05, 0) is 27.2 Å². The molecule has 0 aliphatic rings. The van der Waals surface area contributed by atoms with Crippen LogP contribution in [0, 0.1) is 6.92 Å². The van der Waals surface area contributed by atoms with Crippen molar-refractivity contribution in [3.8, 4) is 0 Å². The number of aromatic nitrogens is 4. The number of carboxylic acid groups (broad SMARTS) is 1. The smallest absolute Gasteiger partial charge is 0.331 e. The van der Waals surface area contributed by atoms with Crippen LogP contribution in [-0.4, -0.2) is 36.9 Å². The Morgan fingerprint density at radius 2 is 2.17 bits per heavy atom. The second-order valence-electron chi connectivity index (χ2n) is 5.67. The van der Waals surface area contributed by atoms with Gasteiger partial charge >= 0.3 is 5.97 Å². The monoisotopic (exact) mass is 321 g/mol. The minimum Gasteiger partial charge on any atom is -0.479 e. The topological polar surface area (TPSA) is 123 Å². The largest absolute Gasteiger partial charge is 0.479 e. The highest BCUT2D eigenvalue weighted by molar-refractivity contribution is 5.90. The summed E-state index contributed by atoms with van der Waals surface area (Å²) >= 11 is 0. The molecule has 0 aromatic carbocycles. The predicted octanol–water partition coefficient (Wildman–Crippen LogP) is 1.36. The minimum atomic E-state index is -1.18. The van der Waals surface area contributed by atoms with Gasteiger partial charge in [0.2, 0.25) is 11.8 Å². The van der Waals surface area contributed by atoms with Gasteiger partial charge in [0.05, 0.1) is 11.9 Å². The number of nitrogens with one attached hydrogen (secondary N) is 1. The summed E-state index contributed by atoms with van der Waals surface area (Å²) in [5, 5.41) is 19.5. The quantitative estimate of drug-likeness (QED) is 0.789. The van der Waals surface area contributed by atoms with E-state index in [1.807, 2.05) is 0 Å². The molecule has 0 aliphatic carbocycles. The zero-order valence-electron chi connectivity index (χ0n) is 13.2. The van der Waals surface area contributed by atoms with E-state index < -0.39 is 11.5 Å². The highest BCUT2D eigenvalue weighted by atomic mass is 16.5. The molecule has 0 saturated heterocycles. The van der Waals surface area contributed by atoms with Gasteiger partial charge in [-0.15, -0.1) is 0 Å². The van der Waals surface area contributed by atoms with Crippen LogP contribution in [0.25, 0.3) is 0 Å². The average Bonchev–Trinajstić information content (AvgIpc) is 3.08. The maximum atomic E-state index is 11.9. The molecule has 9 heteroatoms. The van der Waals surface area contributed by atoms with E-state index in [-0.39, 0.29) is 12.3 Å². The molecule has 0 aliphatic heterocycles. The van der Waals surface area contributed by atoms with Gasteiger partial charge in [-0.1, -0.05) is 5.16 Å². The third-order valence-corrected chi connectivity index (χ3v) is 3.33. The summed E-state index contributed by atoms with van der Waals surface area (Å²) in [7, 11) is 0. The molecular weight excluding hydrogens is 302 g/mol. The third-order valence-electron chi connectivity index (χ3n) is 3.33. The normalized spacial score (nSPS) is 11.4. The lowest BCUT2D eigenvalue weighted by molar-refractivity contribution is -0.146. The molecule has 0 atom stereocenters. The van der Waals surface area contributed by atoms with Crippen molar-refractivity contribution in [3.63, 3.8) is 0 Å². The van der Waals surface area contributed by atoms with Crippen molar-refractivity contribution in [1.82, 2.24) is 19.9 Å². The highest BCUT2D eigenvalue weighted by Gasteiger charge is 2.30. The van der Waals surface area contributed by atoms with Crippen LogP contribution < -0.4 is 5.32 Å². The van der Waals surface area contributed by atoms with Crippen LogP contribution in [0.2, 0.25) is 0 Å². The fourth-order valence-electron chi connectivity index (χ4n) is 1.86. The molecule has 0 radical (unpaired) electrons. The van der Waals surface area contributed by atoms with Gasteiger partial charge in [-0.3, -0.25) is 9.48 Å². The van der Waals surface area contributed by atoms with Crippen LogP contribution >= 0.6 is 0 Å². The molecule has 2 aromatic rings. The van der Waals surface area contributed by atoms with E-state index in [2.05, 4.69) is 20.6 Å². The summed E-state index contributed by atoms with van der Waals surface area (Å²) < 4.78 is 6.26. The molecule has 124 valence electrons. The van der Waals surface area contributed by atoms with Crippen molar-refractivity contribution in [1.29, 1.82) is 0 Å². The molecule has 23 heavy (non-hydrogen) atoms. The number of hydrogen-bond donors (Lipinski definition) is 2. The zero-order valence-corrected chi connectivity index (χ0v) is 13.2. The Morgan fingerprint density at radius 3 is 2.78 bits per heavy atom. The number of carboxylic acids is 1.